The van der Waals surface area contributed by atoms with Gasteiger partial charge in [0.05, 0.1) is 12.8 Å². The molecule has 0 fully saturated rings. The van der Waals surface area contributed by atoms with Crippen molar-refractivity contribution in [3.63, 3.8) is 0 Å². The van der Waals surface area contributed by atoms with Crippen molar-refractivity contribution in [2.24, 2.45) is 4.99 Å². The first-order chi connectivity index (χ1) is 11.2. The maximum atomic E-state index is 5.60. The number of allylic oxidation sites excluding steroid dienone is 7. The Morgan fingerprint density at radius 3 is 2.83 bits per heavy atom. The van der Waals surface area contributed by atoms with Gasteiger partial charge in [-0.15, -0.1) is 0 Å². The van der Waals surface area contributed by atoms with Crippen LogP contribution in [0.1, 0.15) is 32.3 Å². The molecule has 3 heteroatoms. The molecule has 0 saturated heterocycles. The zero-order valence-corrected chi connectivity index (χ0v) is 14.6. The Morgan fingerprint density at radius 2 is 2.00 bits per heavy atom. The lowest BCUT2D eigenvalue weighted by Crippen LogP contribution is -2.05. The largest absolute Gasteiger partial charge is 0.500 e. The molecule has 23 heavy (non-hydrogen) atoms. The molecule has 0 saturated carbocycles. The van der Waals surface area contributed by atoms with Crippen molar-refractivity contribution >= 4 is 17.5 Å². The highest BCUT2D eigenvalue weighted by atomic mass is 32.2. The number of rotatable bonds is 3. The van der Waals surface area contributed by atoms with Crippen LogP contribution in [0.3, 0.4) is 0 Å². The zero-order chi connectivity index (χ0) is 16.2. The van der Waals surface area contributed by atoms with Gasteiger partial charge in [-0.2, -0.15) is 0 Å². The average Bonchev–Trinajstić information content (AvgIpc) is 2.84. The first kappa shape index (κ1) is 15.9. The standard InChI is InChI=1S/C20H21NOS/c1-14-15(2)23-20-12-8-7-10-17(20)18(21-14)13-16-9-5-4-6-11-19(16)22-3/h4-10,12H,11,13H2,1-3H3. The minimum atomic E-state index is 0.781. The summed E-state index contributed by atoms with van der Waals surface area (Å²) in [6, 6.07) is 8.51. The van der Waals surface area contributed by atoms with E-state index in [1.807, 2.05) is 0 Å². The van der Waals surface area contributed by atoms with Gasteiger partial charge in [0, 0.05) is 33.9 Å². The normalized spacial score (nSPS) is 17.6. The van der Waals surface area contributed by atoms with Gasteiger partial charge in [0.15, 0.2) is 0 Å². The molecule has 118 valence electrons. The van der Waals surface area contributed by atoms with Gasteiger partial charge in [0.25, 0.3) is 0 Å². The van der Waals surface area contributed by atoms with E-state index >= 15 is 0 Å². The van der Waals surface area contributed by atoms with Crippen LogP contribution >= 0.6 is 11.8 Å². The van der Waals surface area contributed by atoms with Gasteiger partial charge in [0.1, 0.15) is 5.76 Å². The molecule has 2 aliphatic rings. The third kappa shape index (κ3) is 3.50. The number of nitrogens with zero attached hydrogens (tertiary/aromatic N) is 1. The van der Waals surface area contributed by atoms with Crippen LogP contribution in [0.5, 0.6) is 0 Å². The molecule has 0 amide bonds. The summed E-state index contributed by atoms with van der Waals surface area (Å²) in [6.45, 7) is 4.23. The summed E-state index contributed by atoms with van der Waals surface area (Å²) in [4.78, 5) is 7.45. The molecule has 0 unspecified atom stereocenters. The molecule has 0 aromatic heterocycles. The molecule has 1 heterocycles. The summed E-state index contributed by atoms with van der Waals surface area (Å²) in [5.74, 6) is 1.02. The van der Waals surface area contributed by atoms with Gasteiger partial charge in [-0.3, -0.25) is 4.99 Å². The number of methoxy groups -OCH3 is 1. The fourth-order valence-corrected chi connectivity index (χ4v) is 3.68. The van der Waals surface area contributed by atoms with E-state index in [2.05, 4.69) is 62.4 Å². The predicted molar refractivity (Wildman–Crippen MR) is 98.8 cm³/mol. The van der Waals surface area contributed by atoms with Crippen LogP contribution < -0.4 is 0 Å². The van der Waals surface area contributed by atoms with Crippen LogP contribution in [0.15, 0.2) is 80.4 Å². The number of thioether (sulfide) groups is 1. The highest BCUT2D eigenvalue weighted by molar-refractivity contribution is 8.03. The Kier molecular flexibility index (Phi) is 4.87. The van der Waals surface area contributed by atoms with Crippen molar-refractivity contribution in [1.82, 2.24) is 0 Å². The average molecular weight is 323 g/mol. The van der Waals surface area contributed by atoms with Crippen molar-refractivity contribution in [3.8, 4) is 0 Å². The monoisotopic (exact) mass is 323 g/mol. The van der Waals surface area contributed by atoms with E-state index in [0.29, 0.717) is 0 Å². The summed E-state index contributed by atoms with van der Waals surface area (Å²) in [5, 5.41) is 0. The molecule has 1 aliphatic heterocycles. The Bertz CT molecular complexity index is 766. The SMILES string of the molecule is COC1=C(CC2=NC(C)=C(C)Sc3ccccc32)C=CC=CC1. The third-order valence-electron chi connectivity index (χ3n) is 4.08. The first-order valence-corrected chi connectivity index (χ1v) is 8.62. The Balaban J connectivity index is 2.04. The topological polar surface area (TPSA) is 21.6 Å². The quantitative estimate of drug-likeness (QED) is 0.718. The van der Waals surface area contributed by atoms with E-state index in [0.717, 1.165) is 30.0 Å². The molecule has 1 aromatic carbocycles. The van der Waals surface area contributed by atoms with E-state index in [-0.39, 0.29) is 0 Å². The van der Waals surface area contributed by atoms with E-state index < -0.39 is 0 Å². The van der Waals surface area contributed by atoms with Crippen LogP contribution in [0.2, 0.25) is 0 Å². The molecule has 0 spiro atoms. The van der Waals surface area contributed by atoms with E-state index in [4.69, 9.17) is 9.73 Å². The molecule has 0 N–H and O–H groups in total. The predicted octanol–water partition coefficient (Wildman–Crippen LogP) is 5.64. The van der Waals surface area contributed by atoms with Gasteiger partial charge in [0.2, 0.25) is 0 Å². The number of ether oxygens (including phenoxy) is 1. The lowest BCUT2D eigenvalue weighted by atomic mass is 10.00. The van der Waals surface area contributed by atoms with Crippen LogP contribution in [0, 0.1) is 0 Å². The number of hydrogen-bond acceptors (Lipinski definition) is 3. The number of fused-ring (bicyclic) bond motifs is 1. The molecule has 0 radical (unpaired) electrons. The second-order valence-corrected chi connectivity index (χ2v) is 6.88. The first-order valence-electron chi connectivity index (χ1n) is 7.80. The summed E-state index contributed by atoms with van der Waals surface area (Å²) in [6.07, 6.45) is 10.0. The van der Waals surface area contributed by atoms with Crippen LogP contribution in [-0.4, -0.2) is 12.8 Å². The number of aliphatic imine (C=N–C) groups is 1. The Labute approximate surface area is 142 Å². The lowest BCUT2D eigenvalue weighted by molar-refractivity contribution is 0.281. The zero-order valence-electron chi connectivity index (χ0n) is 13.8. The van der Waals surface area contributed by atoms with Crippen molar-refractivity contribution in [2.45, 2.75) is 31.6 Å². The molecule has 1 aliphatic carbocycles. The lowest BCUT2D eigenvalue weighted by Gasteiger charge is -2.13. The fraction of sp³-hybridized carbons (Fsp3) is 0.250. The smallest absolute Gasteiger partial charge is 0.103 e. The highest BCUT2D eigenvalue weighted by Gasteiger charge is 2.18. The van der Waals surface area contributed by atoms with Gasteiger partial charge < -0.3 is 4.74 Å². The minimum absolute atomic E-state index is 0.781. The molecule has 1 aromatic rings. The Morgan fingerprint density at radius 1 is 1.17 bits per heavy atom. The maximum Gasteiger partial charge on any atom is 0.103 e. The summed E-state index contributed by atoms with van der Waals surface area (Å²) in [5.41, 5.74) is 4.63. The van der Waals surface area contributed by atoms with E-state index in [1.165, 1.54) is 20.9 Å². The molecular formula is C20H21NOS. The van der Waals surface area contributed by atoms with Crippen molar-refractivity contribution in [3.05, 3.63) is 76.1 Å². The van der Waals surface area contributed by atoms with Crippen LogP contribution in [0.4, 0.5) is 0 Å². The summed E-state index contributed by atoms with van der Waals surface area (Å²) < 4.78 is 5.60. The van der Waals surface area contributed by atoms with Crippen molar-refractivity contribution in [2.75, 3.05) is 7.11 Å². The maximum absolute atomic E-state index is 5.60. The van der Waals surface area contributed by atoms with Crippen LogP contribution in [0.25, 0.3) is 0 Å². The summed E-state index contributed by atoms with van der Waals surface area (Å²) in [7, 11) is 1.75. The molecule has 2 nitrogen and oxygen atoms in total. The molecular weight excluding hydrogens is 302 g/mol. The second-order valence-electron chi connectivity index (χ2n) is 5.62. The molecule has 0 bridgehead atoms. The van der Waals surface area contributed by atoms with E-state index in [1.54, 1.807) is 18.9 Å². The minimum Gasteiger partial charge on any atom is -0.500 e. The third-order valence-corrected chi connectivity index (χ3v) is 5.26. The van der Waals surface area contributed by atoms with Gasteiger partial charge >= 0.3 is 0 Å². The van der Waals surface area contributed by atoms with E-state index in [9.17, 15) is 0 Å². The number of benzene rings is 1. The van der Waals surface area contributed by atoms with Crippen molar-refractivity contribution in [1.29, 1.82) is 0 Å². The van der Waals surface area contributed by atoms with Gasteiger partial charge in [-0.25, -0.2) is 0 Å². The molecule has 0 atom stereocenters. The summed E-state index contributed by atoms with van der Waals surface area (Å²) >= 11 is 1.80. The van der Waals surface area contributed by atoms with Gasteiger partial charge in [-0.05, 0) is 25.5 Å². The second kappa shape index (κ2) is 7.05. The van der Waals surface area contributed by atoms with Crippen LogP contribution in [-0.2, 0) is 4.74 Å². The highest BCUT2D eigenvalue weighted by Crippen LogP contribution is 2.36. The fourth-order valence-electron chi connectivity index (χ4n) is 2.71. The molecule has 3 rings (SSSR count). The van der Waals surface area contributed by atoms with Gasteiger partial charge in [-0.1, -0.05) is 54.3 Å². The Hall–Kier alpha value is -2.00. The van der Waals surface area contributed by atoms with Crippen molar-refractivity contribution < 1.29 is 4.74 Å². The number of hydrogen-bond donors (Lipinski definition) is 0.